The van der Waals surface area contributed by atoms with E-state index in [1.165, 1.54) is 4.90 Å². The van der Waals surface area contributed by atoms with Gasteiger partial charge in [0.25, 0.3) is 5.91 Å². The van der Waals surface area contributed by atoms with Crippen LogP contribution < -0.4 is 5.32 Å². The number of hydrogen-bond acceptors (Lipinski definition) is 5. The number of nitrogens with one attached hydrogen (secondary N) is 1. The highest BCUT2D eigenvalue weighted by molar-refractivity contribution is 7.09. The molecule has 1 aliphatic heterocycles. The summed E-state index contributed by atoms with van der Waals surface area (Å²) < 4.78 is 0. The Morgan fingerprint density at radius 1 is 1.35 bits per heavy atom. The Labute approximate surface area is 139 Å². The average Bonchev–Trinajstić information content (AvgIpc) is 3.41. The zero-order chi connectivity index (χ0) is 16.2. The van der Waals surface area contributed by atoms with Gasteiger partial charge >= 0.3 is 6.03 Å². The van der Waals surface area contributed by atoms with Crippen LogP contribution in [0, 0.1) is 18.8 Å². The number of imide groups is 1. The molecule has 0 atom stereocenters. The van der Waals surface area contributed by atoms with Crippen LogP contribution in [0.25, 0.3) is 0 Å². The lowest BCUT2D eigenvalue weighted by Gasteiger charge is -2.27. The molecule has 0 bridgehead atoms. The molecule has 2 saturated carbocycles. The van der Waals surface area contributed by atoms with Gasteiger partial charge in [0, 0.05) is 11.9 Å². The molecule has 6 nitrogen and oxygen atoms in total. The van der Waals surface area contributed by atoms with Gasteiger partial charge in [-0.25, -0.2) is 14.7 Å². The van der Waals surface area contributed by atoms with Crippen molar-refractivity contribution in [2.45, 2.75) is 44.7 Å². The van der Waals surface area contributed by atoms with Crippen LogP contribution in [0.3, 0.4) is 0 Å². The lowest BCUT2D eigenvalue weighted by atomic mass is 9.87. The average molecular weight is 334 g/mol. The van der Waals surface area contributed by atoms with E-state index in [0.717, 1.165) is 36.4 Å². The van der Waals surface area contributed by atoms with Gasteiger partial charge in [-0.2, -0.15) is 0 Å². The van der Waals surface area contributed by atoms with E-state index in [1.807, 2.05) is 24.3 Å². The molecule has 4 rings (SSSR count). The summed E-state index contributed by atoms with van der Waals surface area (Å²) in [4.78, 5) is 33.2. The Bertz CT molecular complexity index is 638. The normalized spacial score (nSPS) is 23.7. The topological polar surface area (TPSA) is 65.5 Å². The first-order chi connectivity index (χ1) is 11.0. The number of rotatable bonds is 6. The number of urea groups is 1. The van der Waals surface area contributed by atoms with Gasteiger partial charge in [-0.3, -0.25) is 9.69 Å². The predicted octanol–water partition coefficient (Wildman–Crippen LogP) is 1.95. The highest BCUT2D eigenvalue weighted by Gasteiger charge is 2.65. The van der Waals surface area contributed by atoms with Crippen molar-refractivity contribution in [3.05, 3.63) is 16.1 Å². The predicted molar refractivity (Wildman–Crippen MR) is 86.7 cm³/mol. The van der Waals surface area contributed by atoms with Gasteiger partial charge in [-0.1, -0.05) is 0 Å². The number of carbonyl (C=O) groups excluding carboxylic acids is 2. The summed E-state index contributed by atoms with van der Waals surface area (Å²) in [6, 6.07) is -0.227. The van der Waals surface area contributed by atoms with Crippen molar-refractivity contribution >= 4 is 23.3 Å². The highest BCUT2D eigenvalue weighted by Crippen LogP contribution is 2.54. The van der Waals surface area contributed by atoms with Gasteiger partial charge in [0.15, 0.2) is 0 Å². The molecule has 3 amide bonds. The number of hydrogen-bond donors (Lipinski definition) is 1. The Morgan fingerprint density at radius 2 is 2.00 bits per heavy atom. The molecule has 23 heavy (non-hydrogen) atoms. The van der Waals surface area contributed by atoms with Crippen molar-refractivity contribution in [1.82, 2.24) is 20.1 Å². The van der Waals surface area contributed by atoms with Crippen LogP contribution in [0.15, 0.2) is 5.38 Å². The second-order valence-corrected chi connectivity index (χ2v) is 8.16. The van der Waals surface area contributed by atoms with E-state index in [4.69, 9.17) is 0 Å². The van der Waals surface area contributed by atoms with Crippen LogP contribution in [-0.2, 0) is 11.3 Å². The lowest BCUT2D eigenvalue weighted by Crippen LogP contribution is -2.51. The molecule has 0 spiro atoms. The summed E-state index contributed by atoms with van der Waals surface area (Å²) in [5.74, 6) is 0.694. The highest BCUT2D eigenvalue weighted by atomic mass is 32.1. The minimum absolute atomic E-state index is 0.00573. The van der Waals surface area contributed by atoms with Crippen molar-refractivity contribution in [3.8, 4) is 0 Å². The molecule has 3 fully saturated rings. The van der Waals surface area contributed by atoms with Crippen molar-refractivity contribution in [2.24, 2.45) is 11.8 Å². The van der Waals surface area contributed by atoms with Crippen molar-refractivity contribution in [2.75, 3.05) is 13.7 Å². The number of carbonyl (C=O) groups is 2. The molecule has 2 heterocycles. The first kappa shape index (κ1) is 15.1. The Kier molecular flexibility index (Phi) is 3.46. The molecule has 0 unspecified atom stereocenters. The van der Waals surface area contributed by atoms with E-state index in [-0.39, 0.29) is 11.9 Å². The number of aromatic nitrogens is 1. The minimum atomic E-state index is -0.588. The summed E-state index contributed by atoms with van der Waals surface area (Å²) in [6.07, 6.45) is 4.24. The molecule has 3 aliphatic rings. The maximum Gasteiger partial charge on any atom is 0.326 e. The molecule has 1 aromatic rings. The third-order valence-corrected chi connectivity index (χ3v) is 5.90. The Hall–Kier alpha value is -1.47. The third-order valence-electron chi connectivity index (χ3n) is 5.08. The molecule has 0 aromatic carbocycles. The van der Waals surface area contributed by atoms with Gasteiger partial charge in [0.1, 0.15) is 5.54 Å². The summed E-state index contributed by atoms with van der Waals surface area (Å²) in [7, 11) is 1.92. The molecule has 2 aliphatic carbocycles. The van der Waals surface area contributed by atoms with Gasteiger partial charge < -0.3 is 5.32 Å². The molecular weight excluding hydrogens is 312 g/mol. The smallest absolute Gasteiger partial charge is 0.322 e. The zero-order valence-corrected chi connectivity index (χ0v) is 14.4. The second kappa shape index (κ2) is 5.27. The van der Waals surface area contributed by atoms with Gasteiger partial charge in [-0.15, -0.1) is 11.3 Å². The zero-order valence-electron chi connectivity index (χ0n) is 13.5. The number of nitrogens with zero attached hydrogens (tertiary/aromatic N) is 3. The fraction of sp³-hybridized carbons (Fsp3) is 0.688. The van der Waals surface area contributed by atoms with Crippen molar-refractivity contribution < 1.29 is 9.59 Å². The molecule has 1 saturated heterocycles. The number of thiazole rings is 1. The van der Waals surface area contributed by atoms with Crippen LogP contribution in [0.2, 0.25) is 0 Å². The summed E-state index contributed by atoms with van der Waals surface area (Å²) in [5, 5.41) is 6.12. The van der Waals surface area contributed by atoms with Crippen molar-refractivity contribution in [1.29, 1.82) is 0 Å². The quantitative estimate of drug-likeness (QED) is 0.808. The fourth-order valence-corrected chi connectivity index (χ4v) is 4.36. The first-order valence-corrected chi connectivity index (χ1v) is 9.12. The van der Waals surface area contributed by atoms with E-state index in [1.54, 1.807) is 11.3 Å². The monoisotopic (exact) mass is 334 g/mol. The molecule has 1 aromatic heterocycles. The maximum absolute atomic E-state index is 13.0. The largest absolute Gasteiger partial charge is 0.326 e. The Morgan fingerprint density at radius 3 is 2.52 bits per heavy atom. The van der Waals surface area contributed by atoms with Crippen LogP contribution in [0.1, 0.15) is 36.4 Å². The molecule has 0 radical (unpaired) electrons. The SMILES string of the molecule is Cc1nc(CN(C)CN2C(=O)NC(C3CC3)(C3CC3)C2=O)cs1. The Balaban J connectivity index is 1.46. The minimum Gasteiger partial charge on any atom is -0.322 e. The number of aryl methyl sites for hydroxylation is 1. The van der Waals surface area contributed by atoms with E-state index < -0.39 is 5.54 Å². The number of amides is 3. The molecule has 7 heteroatoms. The fourth-order valence-electron chi connectivity index (χ4n) is 3.75. The van der Waals surface area contributed by atoms with Gasteiger partial charge in [-0.05, 0) is 51.5 Å². The van der Waals surface area contributed by atoms with Crippen LogP contribution >= 0.6 is 11.3 Å². The van der Waals surface area contributed by atoms with Crippen LogP contribution in [-0.4, -0.2) is 46.0 Å². The lowest BCUT2D eigenvalue weighted by molar-refractivity contribution is -0.134. The summed E-state index contributed by atoms with van der Waals surface area (Å²) in [5.41, 5.74) is 0.396. The summed E-state index contributed by atoms with van der Waals surface area (Å²) >= 11 is 1.62. The van der Waals surface area contributed by atoms with Crippen molar-refractivity contribution in [3.63, 3.8) is 0 Å². The molecular formula is C16H22N4O2S. The van der Waals surface area contributed by atoms with Gasteiger partial charge in [0.2, 0.25) is 0 Å². The third kappa shape index (κ3) is 2.55. The van der Waals surface area contributed by atoms with Crippen LogP contribution in [0.4, 0.5) is 4.79 Å². The second-order valence-electron chi connectivity index (χ2n) is 7.09. The van der Waals surface area contributed by atoms with Gasteiger partial charge in [0.05, 0.1) is 17.4 Å². The van der Waals surface area contributed by atoms with E-state index in [9.17, 15) is 9.59 Å². The van der Waals surface area contributed by atoms with E-state index >= 15 is 0 Å². The first-order valence-electron chi connectivity index (χ1n) is 8.24. The molecule has 1 N–H and O–H groups in total. The van der Waals surface area contributed by atoms with E-state index in [2.05, 4.69) is 10.3 Å². The van der Waals surface area contributed by atoms with Crippen LogP contribution in [0.5, 0.6) is 0 Å². The summed E-state index contributed by atoms with van der Waals surface area (Å²) in [6.45, 7) is 2.94. The standard InChI is InChI=1S/C16H22N4O2S/c1-10-17-13(8-23-10)7-19(2)9-20-14(21)16(11-3-4-11,12-5-6-12)18-15(20)22/h8,11-12H,3-7,9H2,1-2H3,(H,18,22). The maximum atomic E-state index is 13.0. The van der Waals surface area contributed by atoms with E-state index in [0.29, 0.717) is 25.0 Å². The molecule has 124 valence electrons.